The molecule has 2 aromatic rings. The zero-order chi connectivity index (χ0) is 17.5. The summed E-state index contributed by atoms with van der Waals surface area (Å²) in [5, 5.41) is 12.0. The third kappa shape index (κ3) is 4.49. The normalized spacial score (nSPS) is 10.7. The van der Waals surface area contributed by atoms with E-state index in [9.17, 15) is 10.1 Å². The Kier molecular flexibility index (Phi) is 6.21. The Morgan fingerprint density at radius 3 is 2.46 bits per heavy atom. The number of hydrogen-bond donors (Lipinski definition) is 1. The average molecular weight is 434 g/mol. The molecule has 0 saturated carbocycles. The lowest BCUT2D eigenvalue weighted by atomic mass is 10.1. The third-order valence-electron chi connectivity index (χ3n) is 3.21. The maximum atomic E-state index is 12.3. The van der Waals surface area contributed by atoms with Crippen LogP contribution in [0.5, 0.6) is 11.5 Å². The van der Waals surface area contributed by atoms with Crippen LogP contribution in [0.4, 0.5) is 5.69 Å². The second-order valence-corrected chi connectivity index (χ2v) is 5.98. The van der Waals surface area contributed by atoms with Crippen LogP contribution < -0.4 is 14.8 Å². The molecule has 1 N–H and O–H groups in total. The number of benzene rings is 2. The number of rotatable bonds is 5. The van der Waals surface area contributed by atoms with Crippen LogP contribution in [0.15, 0.2) is 48.0 Å². The minimum Gasteiger partial charge on any atom is -0.497 e. The van der Waals surface area contributed by atoms with Crippen LogP contribution in [0.3, 0.4) is 0 Å². The van der Waals surface area contributed by atoms with Crippen molar-refractivity contribution in [3.8, 4) is 17.6 Å². The van der Waals surface area contributed by atoms with Crippen LogP contribution in [-0.2, 0) is 4.79 Å². The standard InChI is InChI=1S/C18H15IN2O3/c1-23-16-8-3-12(17(10-16)24-2)9-13(11-20)18(22)21-15-6-4-14(19)5-7-15/h3-10H,1-2H3,(H,21,22)/b13-9+. The summed E-state index contributed by atoms with van der Waals surface area (Å²) in [6.07, 6.45) is 1.49. The van der Waals surface area contributed by atoms with Crippen LogP contribution in [-0.4, -0.2) is 20.1 Å². The van der Waals surface area contributed by atoms with E-state index in [0.29, 0.717) is 22.7 Å². The van der Waals surface area contributed by atoms with Gasteiger partial charge in [0.25, 0.3) is 5.91 Å². The van der Waals surface area contributed by atoms with E-state index in [4.69, 9.17) is 9.47 Å². The molecule has 0 spiro atoms. The quantitative estimate of drug-likeness (QED) is 0.441. The molecule has 0 aliphatic rings. The highest BCUT2D eigenvalue weighted by Gasteiger charge is 2.12. The number of ether oxygens (including phenoxy) is 2. The molecule has 0 bridgehead atoms. The van der Waals surface area contributed by atoms with Crippen molar-refractivity contribution in [2.24, 2.45) is 0 Å². The van der Waals surface area contributed by atoms with Crippen molar-refractivity contribution in [2.45, 2.75) is 0 Å². The molecule has 0 aromatic heterocycles. The van der Waals surface area contributed by atoms with E-state index in [1.54, 1.807) is 37.4 Å². The number of halogens is 1. The second-order valence-electron chi connectivity index (χ2n) is 4.74. The number of hydrogen-bond acceptors (Lipinski definition) is 4. The summed E-state index contributed by atoms with van der Waals surface area (Å²) < 4.78 is 11.5. The number of carbonyl (C=O) groups is 1. The molecule has 0 saturated heterocycles. The molecule has 0 atom stereocenters. The lowest BCUT2D eigenvalue weighted by molar-refractivity contribution is -0.112. The molecule has 0 heterocycles. The van der Waals surface area contributed by atoms with Gasteiger partial charge in [-0.25, -0.2) is 0 Å². The Labute approximate surface area is 154 Å². The molecule has 2 aromatic carbocycles. The van der Waals surface area contributed by atoms with Gasteiger partial charge in [-0.3, -0.25) is 4.79 Å². The summed E-state index contributed by atoms with van der Waals surface area (Å²) in [6, 6.07) is 14.4. The molecule has 2 rings (SSSR count). The van der Waals surface area contributed by atoms with E-state index >= 15 is 0 Å². The summed E-state index contributed by atoms with van der Waals surface area (Å²) in [5.41, 5.74) is 1.23. The Bertz CT molecular complexity index is 808. The molecule has 0 fully saturated rings. The van der Waals surface area contributed by atoms with Crippen LogP contribution in [0.2, 0.25) is 0 Å². The fraction of sp³-hybridized carbons (Fsp3) is 0.111. The van der Waals surface area contributed by atoms with Gasteiger partial charge in [0.15, 0.2) is 0 Å². The Hall–Kier alpha value is -2.53. The topological polar surface area (TPSA) is 71.3 Å². The smallest absolute Gasteiger partial charge is 0.266 e. The maximum absolute atomic E-state index is 12.3. The molecule has 0 radical (unpaired) electrons. The van der Waals surface area contributed by atoms with Crippen LogP contribution in [0.25, 0.3) is 6.08 Å². The van der Waals surface area contributed by atoms with Crippen molar-refractivity contribution < 1.29 is 14.3 Å². The first-order chi connectivity index (χ1) is 11.6. The van der Waals surface area contributed by atoms with E-state index < -0.39 is 5.91 Å². The molecule has 5 nitrogen and oxygen atoms in total. The molecule has 0 unspecified atom stereocenters. The summed E-state index contributed by atoms with van der Waals surface area (Å²) in [7, 11) is 3.07. The van der Waals surface area contributed by atoms with Crippen LogP contribution in [0, 0.1) is 14.9 Å². The predicted octanol–water partition coefficient (Wildman–Crippen LogP) is 3.85. The second kappa shape index (κ2) is 8.36. The highest BCUT2D eigenvalue weighted by molar-refractivity contribution is 14.1. The molecule has 0 aliphatic carbocycles. The van der Waals surface area contributed by atoms with Gasteiger partial charge in [-0.1, -0.05) is 0 Å². The molecular formula is C18H15IN2O3. The fourth-order valence-corrected chi connectivity index (χ4v) is 2.33. The Morgan fingerprint density at radius 1 is 1.17 bits per heavy atom. The highest BCUT2D eigenvalue weighted by atomic mass is 127. The zero-order valence-electron chi connectivity index (χ0n) is 13.2. The predicted molar refractivity (Wildman–Crippen MR) is 101 cm³/mol. The average Bonchev–Trinajstić information content (AvgIpc) is 2.61. The maximum Gasteiger partial charge on any atom is 0.266 e. The first-order valence-corrected chi connectivity index (χ1v) is 8.06. The number of carbonyl (C=O) groups excluding carboxylic acids is 1. The van der Waals surface area contributed by atoms with Gasteiger partial charge in [0, 0.05) is 20.9 Å². The molecule has 6 heteroatoms. The van der Waals surface area contributed by atoms with Gasteiger partial charge >= 0.3 is 0 Å². The SMILES string of the molecule is COc1ccc(/C=C(\C#N)C(=O)Nc2ccc(I)cc2)c(OC)c1. The van der Waals surface area contributed by atoms with Crippen molar-refractivity contribution in [2.75, 3.05) is 19.5 Å². The first kappa shape index (κ1) is 17.8. The molecule has 1 amide bonds. The lowest BCUT2D eigenvalue weighted by Gasteiger charge is -2.08. The van der Waals surface area contributed by atoms with Gasteiger partial charge in [0.2, 0.25) is 0 Å². The van der Waals surface area contributed by atoms with Gasteiger partial charge in [-0.15, -0.1) is 0 Å². The van der Waals surface area contributed by atoms with Gasteiger partial charge in [-0.2, -0.15) is 5.26 Å². The number of nitrogens with zero attached hydrogens (tertiary/aromatic N) is 1. The Morgan fingerprint density at radius 2 is 1.88 bits per heavy atom. The molecule has 24 heavy (non-hydrogen) atoms. The summed E-state index contributed by atoms with van der Waals surface area (Å²) >= 11 is 2.18. The molecule has 0 aliphatic heterocycles. The number of nitrogens with one attached hydrogen (secondary N) is 1. The monoisotopic (exact) mass is 434 g/mol. The summed E-state index contributed by atoms with van der Waals surface area (Å²) in [4.78, 5) is 12.3. The van der Waals surface area contributed by atoms with Gasteiger partial charge < -0.3 is 14.8 Å². The van der Waals surface area contributed by atoms with E-state index in [-0.39, 0.29) is 5.57 Å². The van der Waals surface area contributed by atoms with Gasteiger partial charge in [0.05, 0.1) is 14.2 Å². The van der Waals surface area contributed by atoms with Crippen LogP contribution >= 0.6 is 22.6 Å². The Balaban J connectivity index is 2.27. The highest BCUT2D eigenvalue weighted by Crippen LogP contribution is 2.26. The van der Waals surface area contributed by atoms with Crippen molar-refractivity contribution in [3.05, 3.63) is 57.2 Å². The van der Waals surface area contributed by atoms with Crippen molar-refractivity contribution in [1.82, 2.24) is 0 Å². The minimum absolute atomic E-state index is 0.0167. The third-order valence-corrected chi connectivity index (χ3v) is 3.93. The number of nitriles is 1. The van der Waals surface area contributed by atoms with Gasteiger partial charge in [0.1, 0.15) is 23.1 Å². The largest absolute Gasteiger partial charge is 0.497 e. The van der Waals surface area contributed by atoms with Crippen LogP contribution in [0.1, 0.15) is 5.56 Å². The fourth-order valence-electron chi connectivity index (χ4n) is 1.97. The number of methoxy groups -OCH3 is 2. The summed E-state index contributed by atoms with van der Waals surface area (Å²) in [6.45, 7) is 0. The van der Waals surface area contributed by atoms with Crippen molar-refractivity contribution in [1.29, 1.82) is 5.26 Å². The lowest BCUT2D eigenvalue weighted by Crippen LogP contribution is -2.13. The van der Waals surface area contributed by atoms with Crippen molar-refractivity contribution in [3.63, 3.8) is 0 Å². The number of anilines is 1. The van der Waals surface area contributed by atoms with E-state index in [2.05, 4.69) is 27.9 Å². The van der Waals surface area contributed by atoms with E-state index in [1.165, 1.54) is 13.2 Å². The van der Waals surface area contributed by atoms with E-state index in [1.807, 2.05) is 18.2 Å². The molecular weight excluding hydrogens is 419 g/mol. The molecule has 122 valence electrons. The van der Waals surface area contributed by atoms with Gasteiger partial charge in [-0.05, 0) is 65.1 Å². The van der Waals surface area contributed by atoms with E-state index in [0.717, 1.165) is 3.57 Å². The summed E-state index contributed by atoms with van der Waals surface area (Å²) in [5.74, 6) is 0.673. The zero-order valence-corrected chi connectivity index (χ0v) is 15.3. The minimum atomic E-state index is -0.475. The van der Waals surface area contributed by atoms with Crippen molar-refractivity contribution >= 4 is 40.3 Å². The number of amides is 1. The first-order valence-electron chi connectivity index (χ1n) is 6.98.